The third kappa shape index (κ3) is 5.22. The van der Waals surface area contributed by atoms with Gasteiger partial charge in [-0.25, -0.2) is 0 Å². The van der Waals surface area contributed by atoms with Crippen molar-refractivity contribution in [3.63, 3.8) is 0 Å². The molecule has 1 heterocycles. The van der Waals surface area contributed by atoms with Crippen molar-refractivity contribution in [2.75, 3.05) is 53.9 Å². The summed E-state index contributed by atoms with van der Waals surface area (Å²) in [5.41, 5.74) is 6.57. The lowest BCUT2D eigenvalue weighted by atomic mass is 9.87. The van der Waals surface area contributed by atoms with Crippen molar-refractivity contribution in [1.82, 2.24) is 14.7 Å². The summed E-state index contributed by atoms with van der Waals surface area (Å²) in [5.74, 6) is 0. The lowest BCUT2D eigenvalue weighted by Gasteiger charge is -2.42. The van der Waals surface area contributed by atoms with Gasteiger partial charge in [-0.2, -0.15) is 0 Å². The minimum absolute atomic E-state index is 0.0203. The summed E-state index contributed by atoms with van der Waals surface area (Å²) >= 11 is 0. The van der Waals surface area contributed by atoms with Crippen molar-refractivity contribution >= 4 is 0 Å². The van der Waals surface area contributed by atoms with Crippen molar-refractivity contribution in [3.8, 4) is 0 Å². The van der Waals surface area contributed by atoms with Gasteiger partial charge in [0.1, 0.15) is 0 Å². The van der Waals surface area contributed by atoms with Gasteiger partial charge in [-0.1, -0.05) is 0 Å². The van der Waals surface area contributed by atoms with Gasteiger partial charge in [-0.15, -0.1) is 0 Å². The highest BCUT2D eigenvalue weighted by molar-refractivity contribution is 4.93. The van der Waals surface area contributed by atoms with Gasteiger partial charge < -0.3 is 20.4 Å². The van der Waals surface area contributed by atoms with Crippen LogP contribution in [0.5, 0.6) is 0 Å². The Bertz CT molecular complexity index is 232. The minimum Gasteiger partial charge on any atom is -0.324 e. The first-order chi connectivity index (χ1) is 8.32. The fraction of sp³-hybridized carbons (Fsp3) is 1.00. The second-order valence-electron chi connectivity index (χ2n) is 6.53. The van der Waals surface area contributed by atoms with Crippen molar-refractivity contribution in [2.24, 2.45) is 5.73 Å². The van der Waals surface area contributed by atoms with Crippen molar-refractivity contribution in [3.05, 3.63) is 0 Å². The number of hydrogen-bond acceptors (Lipinski definition) is 4. The molecule has 2 N–H and O–H groups in total. The van der Waals surface area contributed by atoms with Crippen molar-refractivity contribution in [1.29, 1.82) is 0 Å². The normalized spacial score (nSPS) is 21.2. The molecule has 4 nitrogen and oxygen atoms in total. The van der Waals surface area contributed by atoms with E-state index < -0.39 is 0 Å². The first-order valence-corrected chi connectivity index (χ1v) is 7.19. The number of rotatable bonds is 6. The summed E-state index contributed by atoms with van der Waals surface area (Å²) in [6, 6.07) is 0.654. The molecule has 0 atom stereocenters. The molecule has 0 unspecified atom stereocenters. The Morgan fingerprint density at radius 3 is 2.11 bits per heavy atom. The third-order valence-electron chi connectivity index (χ3n) is 4.04. The first kappa shape index (κ1) is 15.9. The Labute approximate surface area is 113 Å². The van der Waals surface area contributed by atoms with E-state index >= 15 is 0 Å². The Morgan fingerprint density at radius 1 is 1.11 bits per heavy atom. The van der Waals surface area contributed by atoms with E-state index in [2.05, 4.69) is 49.7 Å². The van der Waals surface area contributed by atoms with Crippen LogP contribution in [0.15, 0.2) is 0 Å². The van der Waals surface area contributed by atoms with Gasteiger partial charge in [0.25, 0.3) is 0 Å². The molecule has 0 bridgehead atoms. The average molecular weight is 256 g/mol. The number of piperidine rings is 1. The molecule has 1 fully saturated rings. The van der Waals surface area contributed by atoms with Crippen LogP contribution >= 0.6 is 0 Å². The van der Waals surface area contributed by atoms with E-state index in [-0.39, 0.29) is 5.54 Å². The molecule has 1 aliphatic heterocycles. The lowest BCUT2D eigenvalue weighted by molar-refractivity contribution is 0.107. The van der Waals surface area contributed by atoms with E-state index in [9.17, 15) is 0 Å². The second-order valence-corrected chi connectivity index (χ2v) is 6.53. The first-order valence-electron chi connectivity index (χ1n) is 7.19. The zero-order chi connectivity index (χ0) is 13.8. The summed E-state index contributed by atoms with van der Waals surface area (Å²) in [5, 5.41) is 0. The van der Waals surface area contributed by atoms with Gasteiger partial charge in [0.15, 0.2) is 0 Å². The maximum atomic E-state index is 6.55. The van der Waals surface area contributed by atoms with Crippen LogP contribution in [0.2, 0.25) is 0 Å². The van der Waals surface area contributed by atoms with Crippen molar-refractivity contribution < 1.29 is 0 Å². The average Bonchev–Trinajstić information content (AvgIpc) is 2.26. The van der Waals surface area contributed by atoms with E-state index in [4.69, 9.17) is 5.73 Å². The van der Waals surface area contributed by atoms with Gasteiger partial charge in [-0.3, -0.25) is 0 Å². The minimum atomic E-state index is 0.0203. The van der Waals surface area contributed by atoms with Crippen LogP contribution in [-0.4, -0.2) is 80.1 Å². The quantitative estimate of drug-likeness (QED) is 0.758. The summed E-state index contributed by atoms with van der Waals surface area (Å²) in [6.45, 7) is 10.1. The molecule has 18 heavy (non-hydrogen) atoms. The SMILES string of the molecule is CC(C)N1CCC(N)(CN(C)CCN(C)C)CC1. The van der Waals surface area contributed by atoms with E-state index in [1.54, 1.807) is 0 Å². The van der Waals surface area contributed by atoms with Gasteiger partial charge in [0.2, 0.25) is 0 Å². The Balaban J connectivity index is 2.33. The van der Waals surface area contributed by atoms with Crippen LogP contribution in [0, 0.1) is 0 Å². The predicted molar refractivity (Wildman–Crippen MR) is 78.9 cm³/mol. The summed E-state index contributed by atoms with van der Waals surface area (Å²) in [7, 11) is 6.42. The summed E-state index contributed by atoms with van der Waals surface area (Å²) < 4.78 is 0. The topological polar surface area (TPSA) is 35.7 Å². The second kappa shape index (κ2) is 6.85. The summed E-state index contributed by atoms with van der Waals surface area (Å²) in [6.07, 6.45) is 2.25. The van der Waals surface area contributed by atoms with E-state index in [0.29, 0.717) is 6.04 Å². The monoisotopic (exact) mass is 256 g/mol. The molecule has 1 rings (SSSR count). The Hall–Kier alpha value is -0.160. The molecule has 0 spiro atoms. The number of likely N-dealkylation sites (tertiary alicyclic amines) is 1. The van der Waals surface area contributed by atoms with Crippen LogP contribution in [-0.2, 0) is 0 Å². The number of hydrogen-bond donors (Lipinski definition) is 1. The van der Waals surface area contributed by atoms with Gasteiger partial charge in [0, 0.05) is 44.3 Å². The van der Waals surface area contributed by atoms with Crippen molar-refractivity contribution in [2.45, 2.75) is 38.3 Å². The maximum Gasteiger partial charge on any atom is 0.0307 e. The third-order valence-corrected chi connectivity index (χ3v) is 4.04. The fourth-order valence-electron chi connectivity index (χ4n) is 2.63. The predicted octanol–water partition coefficient (Wildman–Crippen LogP) is 0.682. The molecule has 0 aromatic carbocycles. The Kier molecular flexibility index (Phi) is 6.05. The molecule has 0 saturated carbocycles. The van der Waals surface area contributed by atoms with Crippen LogP contribution in [0.25, 0.3) is 0 Å². The smallest absolute Gasteiger partial charge is 0.0307 e. The van der Waals surface area contributed by atoms with Crippen LogP contribution in [0.4, 0.5) is 0 Å². The molecule has 0 aliphatic carbocycles. The number of likely N-dealkylation sites (N-methyl/N-ethyl adjacent to an activating group) is 2. The molecular weight excluding hydrogens is 224 g/mol. The molecule has 0 amide bonds. The molecule has 108 valence electrons. The molecule has 0 radical (unpaired) electrons. The molecule has 4 heteroatoms. The number of nitrogens with two attached hydrogens (primary N) is 1. The van der Waals surface area contributed by atoms with E-state index in [1.807, 2.05) is 0 Å². The highest BCUT2D eigenvalue weighted by atomic mass is 15.2. The molecule has 0 aromatic rings. The molecule has 0 aromatic heterocycles. The Morgan fingerprint density at radius 2 is 1.67 bits per heavy atom. The highest BCUT2D eigenvalue weighted by Gasteiger charge is 2.32. The van der Waals surface area contributed by atoms with Crippen LogP contribution in [0.1, 0.15) is 26.7 Å². The van der Waals surface area contributed by atoms with Crippen LogP contribution < -0.4 is 5.73 Å². The molecule has 1 aliphatic rings. The number of nitrogens with zero attached hydrogens (tertiary/aromatic N) is 3. The maximum absolute atomic E-state index is 6.55. The van der Waals surface area contributed by atoms with Gasteiger partial charge in [0.05, 0.1) is 0 Å². The standard InChI is InChI=1S/C14H32N4/c1-13(2)18-8-6-14(15,7-9-18)12-17(5)11-10-16(3)4/h13H,6-12,15H2,1-5H3. The van der Waals surface area contributed by atoms with Gasteiger partial charge >= 0.3 is 0 Å². The van der Waals surface area contributed by atoms with Gasteiger partial charge in [-0.05, 0) is 47.8 Å². The highest BCUT2D eigenvalue weighted by Crippen LogP contribution is 2.21. The summed E-state index contributed by atoms with van der Waals surface area (Å²) in [4.78, 5) is 7.14. The largest absolute Gasteiger partial charge is 0.324 e. The lowest BCUT2D eigenvalue weighted by Crippen LogP contribution is -2.57. The zero-order valence-electron chi connectivity index (χ0n) is 12.9. The zero-order valence-corrected chi connectivity index (χ0v) is 12.9. The van der Waals surface area contributed by atoms with E-state index in [0.717, 1.165) is 45.6 Å². The fourth-order valence-corrected chi connectivity index (χ4v) is 2.63. The molecule has 1 saturated heterocycles. The van der Waals surface area contributed by atoms with E-state index in [1.165, 1.54) is 0 Å². The molecular formula is C14H32N4. The van der Waals surface area contributed by atoms with Crippen LogP contribution in [0.3, 0.4) is 0 Å².